The van der Waals surface area contributed by atoms with E-state index in [1.165, 1.54) is 4.90 Å². The molecule has 2 atom stereocenters. The third kappa shape index (κ3) is 13.6. The maximum absolute atomic E-state index is 15.2. The van der Waals surface area contributed by atoms with Crippen LogP contribution >= 0.6 is 0 Å². The highest BCUT2D eigenvalue weighted by molar-refractivity contribution is 6.14. The van der Waals surface area contributed by atoms with Crippen LogP contribution in [0.25, 0.3) is 11.1 Å². The Morgan fingerprint density at radius 3 is 2.10 bits per heavy atom. The molecule has 2 aromatic carbocycles. The Morgan fingerprint density at radius 2 is 1.45 bits per heavy atom. The molecule has 0 unspecified atom stereocenters. The van der Waals surface area contributed by atoms with Gasteiger partial charge in [-0.15, -0.1) is 0 Å². The number of amides is 8. The van der Waals surface area contributed by atoms with Crippen molar-refractivity contribution in [2.75, 3.05) is 45.9 Å². The Balaban J connectivity index is 1.57. The molecule has 1 aromatic heterocycles. The molecule has 0 saturated carbocycles. The summed E-state index contributed by atoms with van der Waals surface area (Å²) in [6, 6.07) is 11.9. The summed E-state index contributed by atoms with van der Waals surface area (Å²) in [4.78, 5) is 103. The van der Waals surface area contributed by atoms with Crippen LogP contribution in [0, 0.1) is 17.0 Å². The molecule has 1 aliphatic heterocycles. The van der Waals surface area contributed by atoms with Crippen molar-refractivity contribution in [3.05, 3.63) is 95.8 Å². The van der Waals surface area contributed by atoms with Gasteiger partial charge in [0.2, 0.25) is 35.4 Å². The standard InChI is InChI=1S/C43H52F2N8O9/c1-5-34(55)46-16-17-47-42(62)32(50-36(57)22-48-35(56)21-49-37(58)25-53-38(59)13-14-39(53)60)15-18-52(40(61)26-54)41(43(2,3)4)33-19-28(30-20-29(44)11-12-31(30)45)24-51(33)23-27-9-7-6-8-10-27/h6-14,19-20,24,32,41,54H,5,15-18,21-23,25-26H2,1-4H3,(H,46,55)(H,47,62)(H,48,56)(H,49,58)(H,50,57)/t32-,41-/m0/s1. The second-order valence-corrected chi connectivity index (χ2v) is 15.5. The quantitative estimate of drug-likeness (QED) is 0.0664. The first-order valence-corrected chi connectivity index (χ1v) is 19.9. The third-order valence-electron chi connectivity index (χ3n) is 9.71. The molecule has 0 bridgehead atoms. The van der Waals surface area contributed by atoms with E-state index in [0.717, 1.165) is 35.9 Å². The first kappa shape index (κ1) is 47.9. The van der Waals surface area contributed by atoms with Gasteiger partial charge in [-0.3, -0.25) is 43.3 Å². The molecule has 17 nitrogen and oxygen atoms in total. The summed E-state index contributed by atoms with van der Waals surface area (Å²) in [6.45, 7) is 4.52. The van der Waals surface area contributed by atoms with E-state index in [1.807, 2.05) is 55.7 Å². The number of halogens is 2. The number of aliphatic hydroxyl groups is 1. The van der Waals surface area contributed by atoms with Crippen molar-refractivity contribution in [1.82, 2.24) is 41.0 Å². The average Bonchev–Trinajstić information content (AvgIpc) is 3.79. The lowest BCUT2D eigenvalue weighted by Crippen LogP contribution is -2.53. The number of benzene rings is 2. The number of carbonyl (C=O) groups is 8. The third-order valence-corrected chi connectivity index (χ3v) is 9.71. The van der Waals surface area contributed by atoms with Crippen molar-refractivity contribution in [3.8, 4) is 11.1 Å². The van der Waals surface area contributed by atoms with Crippen LogP contribution in [0.3, 0.4) is 0 Å². The molecule has 0 spiro atoms. The minimum atomic E-state index is -1.33. The number of hydrogen-bond donors (Lipinski definition) is 6. The Bertz CT molecular complexity index is 2150. The van der Waals surface area contributed by atoms with Gasteiger partial charge in [0.05, 0.1) is 19.1 Å². The summed E-state index contributed by atoms with van der Waals surface area (Å²) < 4.78 is 31.4. The molecule has 1 aliphatic rings. The minimum absolute atomic E-state index is 0.0117. The van der Waals surface area contributed by atoms with Gasteiger partial charge in [-0.05, 0) is 41.7 Å². The molecule has 19 heteroatoms. The van der Waals surface area contributed by atoms with Gasteiger partial charge in [-0.2, -0.15) is 0 Å². The Labute approximate surface area is 357 Å². The molecule has 0 radical (unpaired) electrons. The van der Waals surface area contributed by atoms with Gasteiger partial charge in [0.25, 0.3) is 11.8 Å². The summed E-state index contributed by atoms with van der Waals surface area (Å²) in [7, 11) is 0. The number of imide groups is 1. The van der Waals surface area contributed by atoms with Crippen LogP contribution in [0.1, 0.15) is 57.8 Å². The monoisotopic (exact) mass is 862 g/mol. The van der Waals surface area contributed by atoms with Crippen LogP contribution in [-0.2, 0) is 44.9 Å². The Hall–Kier alpha value is -6.76. The van der Waals surface area contributed by atoms with Gasteiger partial charge < -0.3 is 41.2 Å². The second kappa shape index (κ2) is 22.2. The van der Waals surface area contributed by atoms with Gasteiger partial charge >= 0.3 is 0 Å². The van der Waals surface area contributed by atoms with E-state index in [4.69, 9.17) is 0 Å². The fourth-order valence-electron chi connectivity index (χ4n) is 6.73. The maximum atomic E-state index is 15.2. The fourth-order valence-corrected chi connectivity index (χ4v) is 6.73. The van der Waals surface area contributed by atoms with Gasteiger partial charge in [0.1, 0.15) is 30.8 Å². The largest absolute Gasteiger partial charge is 0.387 e. The zero-order valence-corrected chi connectivity index (χ0v) is 35.0. The molecule has 2 heterocycles. The van der Waals surface area contributed by atoms with Crippen LogP contribution < -0.4 is 26.6 Å². The highest BCUT2D eigenvalue weighted by Gasteiger charge is 2.38. The first-order valence-electron chi connectivity index (χ1n) is 19.9. The molecule has 0 saturated heterocycles. The first-order chi connectivity index (χ1) is 29.4. The Morgan fingerprint density at radius 1 is 0.806 bits per heavy atom. The molecule has 62 heavy (non-hydrogen) atoms. The summed E-state index contributed by atoms with van der Waals surface area (Å²) in [5.74, 6) is -6.80. The van der Waals surface area contributed by atoms with E-state index < -0.39 is 96.7 Å². The number of rotatable bonds is 21. The van der Waals surface area contributed by atoms with Gasteiger partial charge in [-0.1, -0.05) is 58.0 Å². The second-order valence-electron chi connectivity index (χ2n) is 15.5. The summed E-state index contributed by atoms with van der Waals surface area (Å²) in [5, 5.41) is 22.7. The summed E-state index contributed by atoms with van der Waals surface area (Å²) in [6.07, 6.45) is 3.66. The predicted octanol–water partition coefficient (Wildman–Crippen LogP) is 1.06. The molecule has 332 valence electrons. The number of hydrogen-bond acceptors (Lipinski definition) is 9. The molecule has 3 aromatic rings. The Kier molecular flexibility index (Phi) is 17.1. The van der Waals surface area contributed by atoms with Gasteiger partial charge in [0.15, 0.2) is 0 Å². The zero-order chi connectivity index (χ0) is 45.6. The van der Waals surface area contributed by atoms with Crippen molar-refractivity contribution >= 4 is 47.3 Å². The number of nitrogens with zero attached hydrogens (tertiary/aromatic N) is 3. The highest BCUT2D eigenvalue weighted by Crippen LogP contribution is 2.41. The van der Waals surface area contributed by atoms with Crippen LogP contribution in [-0.4, -0.2) is 119 Å². The van der Waals surface area contributed by atoms with Gasteiger partial charge in [-0.25, -0.2) is 8.78 Å². The van der Waals surface area contributed by atoms with Crippen molar-refractivity contribution in [3.63, 3.8) is 0 Å². The number of nitrogens with one attached hydrogen (secondary N) is 5. The van der Waals surface area contributed by atoms with E-state index in [-0.39, 0.29) is 50.5 Å². The molecule has 0 aliphatic carbocycles. The van der Waals surface area contributed by atoms with Gasteiger partial charge in [0, 0.05) is 67.8 Å². The minimum Gasteiger partial charge on any atom is -0.387 e. The van der Waals surface area contributed by atoms with Crippen molar-refractivity contribution in [2.45, 2.75) is 59.2 Å². The van der Waals surface area contributed by atoms with Crippen molar-refractivity contribution in [2.24, 2.45) is 5.41 Å². The molecular weight excluding hydrogens is 811 g/mol. The number of aliphatic hydroxyl groups excluding tert-OH is 1. The average molecular weight is 863 g/mol. The van der Waals surface area contributed by atoms with Crippen LogP contribution in [0.4, 0.5) is 8.78 Å². The maximum Gasteiger partial charge on any atom is 0.254 e. The zero-order valence-electron chi connectivity index (χ0n) is 35.0. The predicted molar refractivity (Wildman–Crippen MR) is 221 cm³/mol. The van der Waals surface area contributed by atoms with Crippen LogP contribution in [0.2, 0.25) is 0 Å². The number of carbonyl (C=O) groups excluding carboxylic acids is 8. The topological polar surface area (TPSA) is 228 Å². The lowest BCUT2D eigenvalue weighted by Gasteiger charge is -2.41. The van der Waals surface area contributed by atoms with Crippen molar-refractivity contribution in [1.29, 1.82) is 0 Å². The lowest BCUT2D eigenvalue weighted by atomic mass is 9.82. The highest BCUT2D eigenvalue weighted by atomic mass is 19.1. The van der Waals surface area contributed by atoms with E-state index >= 15 is 4.39 Å². The molecular formula is C43H52F2N8O9. The number of aromatic nitrogens is 1. The van der Waals surface area contributed by atoms with E-state index in [2.05, 4.69) is 26.6 Å². The molecule has 6 N–H and O–H groups in total. The summed E-state index contributed by atoms with van der Waals surface area (Å²) >= 11 is 0. The van der Waals surface area contributed by atoms with E-state index in [0.29, 0.717) is 16.2 Å². The van der Waals surface area contributed by atoms with E-state index in [1.54, 1.807) is 19.2 Å². The lowest BCUT2D eigenvalue weighted by molar-refractivity contribution is -0.141. The van der Waals surface area contributed by atoms with Crippen LogP contribution in [0.5, 0.6) is 0 Å². The molecule has 4 rings (SSSR count). The molecule has 8 amide bonds. The summed E-state index contributed by atoms with van der Waals surface area (Å²) in [5.41, 5.74) is 0.893. The van der Waals surface area contributed by atoms with Crippen LogP contribution in [0.15, 0.2) is 72.9 Å². The smallest absolute Gasteiger partial charge is 0.254 e. The van der Waals surface area contributed by atoms with Crippen molar-refractivity contribution < 1.29 is 52.2 Å². The molecule has 0 fully saturated rings. The fraction of sp³-hybridized carbons (Fsp3) is 0.395. The van der Waals surface area contributed by atoms with E-state index in [9.17, 15) is 47.9 Å². The SMILES string of the molecule is CCC(=O)NCCNC(=O)[C@H](CCN(C(=O)CO)[C@@H](c1cc(-c2cc(F)ccc2F)cn1Cc1ccccc1)C(C)(C)C)NC(=O)CNC(=O)CNC(=O)CN1C(=O)C=CC1=O. The normalized spacial score (nSPS) is 13.3.